The third-order valence-electron chi connectivity index (χ3n) is 3.88. The number of rotatable bonds is 4. The Labute approximate surface area is 133 Å². The van der Waals surface area contributed by atoms with Crippen LogP contribution >= 0.6 is 0 Å². The van der Waals surface area contributed by atoms with Crippen molar-refractivity contribution < 1.29 is 22.0 Å². The van der Waals surface area contributed by atoms with Gasteiger partial charge in [0.1, 0.15) is 5.82 Å². The average molecular weight is 337 g/mol. The van der Waals surface area contributed by atoms with E-state index in [2.05, 4.69) is 0 Å². The molecule has 7 heteroatoms. The summed E-state index contributed by atoms with van der Waals surface area (Å²) >= 11 is 0. The first-order valence-electron chi connectivity index (χ1n) is 7.24. The van der Waals surface area contributed by atoms with E-state index in [4.69, 9.17) is 4.42 Å². The maximum absolute atomic E-state index is 13.4. The number of furan rings is 1. The lowest BCUT2D eigenvalue weighted by Gasteiger charge is -2.27. The Morgan fingerprint density at radius 1 is 1.30 bits per heavy atom. The van der Waals surface area contributed by atoms with Crippen molar-refractivity contribution in [1.29, 1.82) is 0 Å². The molecular weight excluding hydrogens is 321 g/mol. The van der Waals surface area contributed by atoms with Crippen molar-refractivity contribution in [1.82, 2.24) is 4.90 Å². The average Bonchev–Trinajstić information content (AvgIpc) is 3.13. The fourth-order valence-electron chi connectivity index (χ4n) is 2.76. The zero-order chi connectivity index (χ0) is 16.4. The SMILES string of the molecule is O=C(c1ccco1)N(Cc1cccc(F)c1)[C@@H]1CCS(=O)(=O)C1. The van der Waals surface area contributed by atoms with Crippen LogP contribution in [0, 0.1) is 5.82 Å². The van der Waals surface area contributed by atoms with Gasteiger partial charge in [-0.25, -0.2) is 12.8 Å². The summed E-state index contributed by atoms with van der Waals surface area (Å²) in [5, 5.41) is 0. The molecule has 1 saturated heterocycles. The van der Waals surface area contributed by atoms with Gasteiger partial charge in [0, 0.05) is 12.6 Å². The molecule has 1 amide bonds. The molecule has 2 aromatic rings. The van der Waals surface area contributed by atoms with Crippen LogP contribution in [0.2, 0.25) is 0 Å². The summed E-state index contributed by atoms with van der Waals surface area (Å²) in [4.78, 5) is 14.1. The van der Waals surface area contributed by atoms with Crippen LogP contribution in [0.25, 0.3) is 0 Å². The molecule has 0 saturated carbocycles. The summed E-state index contributed by atoms with van der Waals surface area (Å²) in [6.45, 7) is 0.136. The second kappa shape index (κ2) is 6.16. The summed E-state index contributed by atoms with van der Waals surface area (Å²) in [6, 6.07) is 8.62. The summed E-state index contributed by atoms with van der Waals surface area (Å²) in [5.41, 5.74) is 0.606. The van der Waals surface area contributed by atoms with Crippen molar-refractivity contribution in [3.8, 4) is 0 Å². The van der Waals surface area contributed by atoms with E-state index in [1.165, 1.54) is 29.4 Å². The van der Waals surface area contributed by atoms with E-state index in [9.17, 15) is 17.6 Å². The van der Waals surface area contributed by atoms with Crippen LogP contribution in [-0.4, -0.2) is 36.8 Å². The molecule has 2 heterocycles. The van der Waals surface area contributed by atoms with Gasteiger partial charge in [0.25, 0.3) is 5.91 Å². The van der Waals surface area contributed by atoms with Gasteiger partial charge >= 0.3 is 0 Å². The van der Waals surface area contributed by atoms with Crippen molar-refractivity contribution in [2.75, 3.05) is 11.5 Å². The molecule has 0 N–H and O–H groups in total. The number of hydrogen-bond acceptors (Lipinski definition) is 4. The first kappa shape index (κ1) is 15.7. The summed E-state index contributed by atoms with van der Waals surface area (Å²) in [5.74, 6) is -0.656. The Morgan fingerprint density at radius 2 is 2.13 bits per heavy atom. The number of amides is 1. The Kier molecular flexibility index (Phi) is 4.21. The molecule has 5 nitrogen and oxygen atoms in total. The number of hydrogen-bond donors (Lipinski definition) is 0. The Morgan fingerprint density at radius 3 is 2.74 bits per heavy atom. The smallest absolute Gasteiger partial charge is 0.290 e. The van der Waals surface area contributed by atoms with Crippen molar-refractivity contribution in [3.63, 3.8) is 0 Å². The van der Waals surface area contributed by atoms with Crippen molar-refractivity contribution in [2.24, 2.45) is 0 Å². The zero-order valence-corrected chi connectivity index (χ0v) is 13.1. The van der Waals surface area contributed by atoms with Crippen molar-refractivity contribution in [3.05, 3.63) is 59.8 Å². The predicted octanol–water partition coefficient (Wildman–Crippen LogP) is 2.25. The molecule has 3 rings (SSSR count). The molecule has 1 fully saturated rings. The van der Waals surface area contributed by atoms with Gasteiger partial charge in [-0.1, -0.05) is 12.1 Å². The molecule has 23 heavy (non-hydrogen) atoms. The van der Waals surface area contributed by atoms with Crippen LogP contribution < -0.4 is 0 Å². The van der Waals surface area contributed by atoms with Crippen molar-refractivity contribution >= 4 is 15.7 Å². The highest BCUT2D eigenvalue weighted by Gasteiger charge is 2.35. The van der Waals surface area contributed by atoms with Gasteiger partial charge < -0.3 is 9.32 Å². The van der Waals surface area contributed by atoms with Gasteiger partial charge in [0.05, 0.1) is 17.8 Å². The lowest BCUT2D eigenvalue weighted by atomic mass is 10.1. The third kappa shape index (κ3) is 3.61. The number of carbonyl (C=O) groups is 1. The standard InChI is InChI=1S/C16H16FNO4S/c17-13-4-1-3-12(9-13)10-18(14-6-8-23(20,21)11-14)16(19)15-5-2-7-22-15/h1-5,7,9,14H,6,8,10-11H2/t14-/m1/s1. The summed E-state index contributed by atoms with van der Waals surface area (Å²) in [7, 11) is -3.14. The summed E-state index contributed by atoms with van der Waals surface area (Å²) in [6.07, 6.45) is 1.77. The highest BCUT2D eigenvalue weighted by atomic mass is 32.2. The lowest BCUT2D eigenvalue weighted by molar-refractivity contribution is 0.0648. The molecule has 0 unspecified atom stereocenters. The predicted molar refractivity (Wildman–Crippen MR) is 82.0 cm³/mol. The normalized spacial score (nSPS) is 19.6. The second-order valence-electron chi connectivity index (χ2n) is 5.60. The van der Waals surface area contributed by atoms with Gasteiger partial charge in [-0.3, -0.25) is 4.79 Å². The maximum Gasteiger partial charge on any atom is 0.290 e. The number of carbonyl (C=O) groups excluding carboxylic acids is 1. The van der Waals surface area contributed by atoms with Crippen LogP contribution in [0.15, 0.2) is 47.1 Å². The van der Waals surface area contributed by atoms with E-state index in [0.29, 0.717) is 12.0 Å². The molecule has 122 valence electrons. The minimum atomic E-state index is -3.14. The van der Waals surface area contributed by atoms with Crippen LogP contribution in [0.3, 0.4) is 0 Å². The molecular formula is C16H16FNO4S. The Hall–Kier alpha value is -2.15. The van der Waals surface area contributed by atoms with Gasteiger partial charge in [-0.2, -0.15) is 0 Å². The second-order valence-corrected chi connectivity index (χ2v) is 7.83. The minimum Gasteiger partial charge on any atom is -0.459 e. The van der Waals surface area contributed by atoms with E-state index in [0.717, 1.165) is 0 Å². The third-order valence-corrected chi connectivity index (χ3v) is 5.63. The lowest BCUT2D eigenvalue weighted by Crippen LogP contribution is -2.40. The van der Waals surface area contributed by atoms with Gasteiger partial charge in [0.2, 0.25) is 0 Å². The van der Waals surface area contributed by atoms with Crippen LogP contribution in [0.1, 0.15) is 22.5 Å². The Balaban J connectivity index is 1.88. The first-order chi connectivity index (χ1) is 10.9. The maximum atomic E-state index is 13.4. The van der Waals surface area contributed by atoms with Crippen molar-refractivity contribution in [2.45, 2.75) is 19.0 Å². The minimum absolute atomic E-state index is 0.0583. The van der Waals surface area contributed by atoms with Crippen LogP contribution in [0.5, 0.6) is 0 Å². The molecule has 1 aromatic carbocycles. The monoisotopic (exact) mass is 337 g/mol. The molecule has 0 bridgehead atoms. The molecule has 0 aliphatic carbocycles. The highest BCUT2D eigenvalue weighted by Crippen LogP contribution is 2.22. The van der Waals surface area contributed by atoms with E-state index < -0.39 is 21.7 Å². The highest BCUT2D eigenvalue weighted by molar-refractivity contribution is 7.91. The van der Waals surface area contributed by atoms with E-state index in [1.807, 2.05) is 0 Å². The number of nitrogens with zero attached hydrogens (tertiary/aromatic N) is 1. The molecule has 1 aliphatic heterocycles. The molecule has 0 spiro atoms. The first-order valence-corrected chi connectivity index (χ1v) is 9.06. The van der Waals surface area contributed by atoms with E-state index in [1.54, 1.807) is 18.2 Å². The topological polar surface area (TPSA) is 67.6 Å². The molecule has 1 atom stereocenters. The summed E-state index contributed by atoms with van der Waals surface area (Å²) < 4.78 is 42.0. The zero-order valence-electron chi connectivity index (χ0n) is 12.3. The van der Waals surface area contributed by atoms with E-state index >= 15 is 0 Å². The van der Waals surface area contributed by atoms with Crippen LogP contribution in [0.4, 0.5) is 4.39 Å². The molecule has 0 radical (unpaired) electrons. The van der Waals surface area contributed by atoms with Gasteiger partial charge in [0.15, 0.2) is 15.6 Å². The van der Waals surface area contributed by atoms with Gasteiger partial charge in [-0.15, -0.1) is 0 Å². The van der Waals surface area contributed by atoms with Crippen LogP contribution in [-0.2, 0) is 16.4 Å². The van der Waals surface area contributed by atoms with Gasteiger partial charge in [-0.05, 0) is 36.2 Å². The fraction of sp³-hybridized carbons (Fsp3) is 0.312. The quantitative estimate of drug-likeness (QED) is 0.858. The number of benzene rings is 1. The molecule has 1 aromatic heterocycles. The number of halogens is 1. The number of sulfone groups is 1. The fourth-order valence-corrected chi connectivity index (χ4v) is 4.49. The largest absolute Gasteiger partial charge is 0.459 e. The Bertz CT molecular complexity index is 801. The molecule has 1 aliphatic rings. The van der Waals surface area contributed by atoms with E-state index in [-0.39, 0.29) is 29.7 Å².